The van der Waals surface area contributed by atoms with Gasteiger partial charge >= 0.3 is 0 Å². The highest BCUT2D eigenvalue weighted by Gasteiger charge is 2.27. The van der Waals surface area contributed by atoms with Crippen LogP contribution < -0.4 is 0 Å². The van der Waals surface area contributed by atoms with E-state index in [2.05, 4.69) is 54.5 Å². The van der Waals surface area contributed by atoms with E-state index in [-0.39, 0.29) is 6.61 Å². The van der Waals surface area contributed by atoms with Crippen molar-refractivity contribution in [1.29, 1.82) is 0 Å². The lowest BCUT2D eigenvalue weighted by atomic mass is 10.1. The molecule has 5 nitrogen and oxygen atoms in total. The van der Waals surface area contributed by atoms with Gasteiger partial charge in [0.2, 0.25) is 0 Å². The summed E-state index contributed by atoms with van der Waals surface area (Å²) in [7, 11) is 0. The third kappa shape index (κ3) is 4.07. The molecular formula is C19H24N4OS2. The lowest BCUT2D eigenvalue weighted by molar-refractivity contribution is 0.0493. The smallest absolute Gasteiger partial charge is 0.193 e. The first-order valence-corrected chi connectivity index (χ1v) is 10.8. The molecule has 0 saturated carbocycles. The average Bonchev–Trinajstić information content (AvgIpc) is 3.39. The SMILES string of the molecule is OCC[C@H]1CN(Cc2cccn2-c2nccs2)CCN1Cc1ccsc1. The van der Waals surface area contributed by atoms with E-state index in [9.17, 15) is 5.11 Å². The van der Waals surface area contributed by atoms with E-state index >= 15 is 0 Å². The molecule has 4 rings (SSSR count). The van der Waals surface area contributed by atoms with Crippen LogP contribution in [-0.4, -0.2) is 56.7 Å². The van der Waals surface area contributed by atoms with Crippen molar-refractivity contribution in [2.24, 2.45) is 0 Å². The standard InChI is InChI=1S/C19H24N4OS2/c24-9-3-17-13-21(7-8-22(17)12-16-4-10-25-15-16)14-18-2-1-6-23(18)19-20-5-11-26-19/h1-2,4-6,10-11,15,17,24H,3,7-9,12-14H2/t17-/m0/s1. The Morgan fingerprint density at radius 2 is 2.15 bits per heavy atom. The van der Waals surface area contributed by atoms with E-state index in [1.165, 1.54) is 11.3 Å². The Bertz CT molecular complexity index is 784. The van der Waals surface area contributed by atoms with E-state index < -0.39 is 0 Å². The fourth-order valence-electron chi connectivity index (χ4n) is 3.64. The maximum Gasteiger partial charge on any atom is 0.193 e. The fourth-order valence-corrected chi connectivity index (χ4v) is 4.96. The van der Waals surface area contributed by atoms with Crippen molar-refractivity contribution in [3.63, 3.8) is 0 Å². The molecule has 0 aromatic carbocycles. The summed E-state index contributed by atoms with van der Waals surface area (Å²) in [4.78, 5) is 9.46. The number of thiazole rings is 1. The van der Waals surface area contributed by atoms with Crippen molar-refractivity contribution in [2.45, 2.75) is 25.6 Å². The average molecular weight is 389 g/mol. The van der Waals surface area contributed by atoms with Gasteiger partial charge in [-0.2, -0.15) is 11.3 Å². The molecule has 0 bridgehead atoms. The van der Waals surface area contributed by atoms with Crippen molar-refractivity contribution >= 4 is 22.7 Å². The van der Waals surface area contributed by atoms with Gasteiger partial charge in [0, 0.05) is 68.8 Å². The van der Waals surface area contributed by atoms with Crippen molar-refractivity contribution in [3.05, 3.63) is 58.0 Å². The quantitative estimate of drug-likeness (QED) is 0.676. The minimum Gasteiger partial charge on any atom is -0.396 e. The second-order valence-corrected chi connectivity index (χ2v) is 8.34. The molecule has 1 saturated heterocycles. The molecule has 0 spiro atoms. The van der Waals surface area contributed by atoms with Gasteiger partial charge in [0.15, 0.2) is 5.13 Å². The van der Waals surface area contributed by atoms with E-state index in [0.29, 0.717) is 6.04 Å². The van der Waals surface area contributed by atoms with Crippen LogP contribution in [0.5, 0.6) is 0 Å². The Morgan fingerprint density at radius 1 is 1.19 bits per heavy atom. The Kier molecular flexibility index (Phi) is 5.81. The van der Waals surface area contributed by atoms with Crippen LogP contribution >= 0.6 is 22.7 Å². The number of aromatic nitrogens is 2. The first-order chi connectivity index (χ1) is 12.8. The van der Waals surface area contributed by atoms with Crippen LogP contribution in [0.25, 0.3) is 5.13 Å². The molecule has 1 aliphatic rings. The van der Waals surface area contributed by atoms with E-state index in [1.807, 2.05) is 11.6 Å². The van der Waals surface area contributed by atoms with Gasteiger partial charge < -0.3 is 5.11 Å². The van der Waals surface area contributed by atoms with Crippen LogP contribution in [0.4, 0.5) is 0 Å². The van der Waals surface area contributed by atoms with E-state index in [1.54, 1.807) is 22.7 Å². The van der Waals surface area contributed by atoms with Gasteiger partial charge in [0.1, 0.15) is 0 Å². The Labute approximate surface area is 162 Å². The number of thiophene rings is 1. The fraction of sp³-hybridized carbons (Fsp3) is 0.421. The summed E-state index contributed by atoms with van der Waals surface area (Å²) in [6.45, 7) is 5.23. The predicted octanol–water partition coefficient (Wildman–Crippen LogP) is 3.06. The molecular weight excluding hydrogens is 364 g/mol. The highest BCUT2D eigenvalue weighted by molar-refractivity contribution is 7.12. The summed E-state index contributed by atoms with van der Waals surface area (Å²) >= 11 is 3.41. The van der Waals surface area contributed by atoms with Crippen LogP contribution in [-0.2, 0) is 13.1 Å². The number of aliphatic hydroxyl groups excluding tert-OH is 1. The second-order valence-electron chi connectivity index (χ2n) is 6.69. The molecule has 0 unspecified atom stereocenters. The monoisotopic (exact) mass is 388 g/mol. The van der Waals surface area contributed by atoms with Crippen LogP contribution in [0.3, 0.4) is 0 Å². The van der Waals surface area contributed by atoms with Crippen molar-refractivity contribution in [3.8, 4) is 5.13 Å². The summed E-state index contributed by atoms with van der Waals surface area (Å²) in [5.74, 6) is 0. The number of hydrogen-bond acceptors (Lipinski definition) is 6. The first kappa shape index (κ1) is 17.9. The Morgan fingerprint density at radius 3 is 2.92 bits per heavy atom. The van der Waals surface area contributed by atoms with Gasteiger partial charge in [-0.3, -0.25) is 14.4 Å². The minimum atomic E-state index is 0.244. The second kappa shape index (κ2) is 8.45. The Hall–Kier alpha value is -1.51. The summed E-state index contributed by atoms with van der Waals surface area (Å²) in [5, 5.41) is 16.9. The van der Waals surface area contributed by atoms with E-state index in [4.69, 9.17) is 0 Å². The molecule has 1 atom stereocenters. The summed E-state index contributed by atoms with van der Waals surface area (Å²) in [6.07, 6.45) is 4.77. The molecule has 1 fully saturated rings. The molecule has 7 heteroatoms. The van der Waals surface area contributed by atoms with Crippen LogP contribution in [0.15, 0.2) is 46.7 Å². The zero-order chi connectivity index (χ0) is 17.8. The number of hydrogen-bond donors (Lipinski definition) is 1. The summed E-state index contributed by atoms with van der Waals surface area (Å²) in [6, 6.07) is 6.88. The van der Waals surface area contributed by atoms with Crippen LogP contribution in [0, 0.1) is 0 Å². The largest absolute Gasteiger partial charge is 0.396 e. The molecule has 1 aliphatic heterocycles. The van der Waals surface area contributed by atoms with Gasteiger partial charge in [-0.25, -0.2) is 4.98 Å². The molecule has 26 heavy (non-hydrogen) atoms. The van der Waals surface area contributed by atoms with Crippen molar-refractivity contribution < 1.29 is 5.11 Å². The molecule has 4 heterocycles. The number of rotatable bonds is 7. The zero-order valence-corrected chi connectivity index (χ0v) is 16.3. The molecule has 0 radical (unpaired) electrons. The normalized spacial score (nSPS) is 19.2. The summed E-state index contributed by atoms with van der Waals surface area (Å²) < 4.78 is 2.18. The minimum absolute atomic E-state index is 0.244. The highest BCUT2D eigenvalue weighted by atomic mass is 32.1. The molecule has 0 amide bonds. The molecule has 3 aromatic rings. The van der Waals surface area contributed by atoms with Gasteiger partial charge in [0.05, 0.1) is 0 Å². The summed E-state index contributed by atoms with van der Waals surface area (Å²) in [5.41, 5.74) is 2.65. The van der Waals surface area contributed by atoms with Gasteiger partial charge in [-0.15, -0.1) is 11.3 Å². The molecule has 3 aromatic heterocycles. The predicted molar refractivity (Wildman–Crippen MR) is 107 cm³/mol. The molecule has 1 N–H and O–H groups in total. The van der Waals surface area contributed by atoms with Crippen molar-refractivity contribution in [2.75, 3.05) is 26.2 Å². The number of piperazine rings is 1. The highest BCUT2D eigenvalue weighted by Crippen LogP contribution is 2.21. The molecule has 0 aliphatic carbocycles. The van der Waals surface area contributed by atoms with Gasteiger partial charge in [-0.1, -0.05) is 0 Å². The van der Waals surface area contributed by atoms with E-state index in [0.717, 1.165) is 44.3 Å². The maximum atomic E-state index is 9.52. The van der Waals surface area contributed by atoms with Crippen LogP contribution in [0.2, 0.25) is 0 Å². The lowest BCUT2D eigenvalue weighted by Gasteiger charge is -2.41. The number of aliphatic hydroxyl groups is 1. The topological polar surface area (TPSA) is 44.5 Å². The van der Waals surface area contributed by atoms with Crippen LogP contribution in [0.1, 0.15) is 17.7 Å². The van der Waals surface area contributed by atoms with Gasteiger partial charge in [-0.05, 0) is 40.9 Å². The third-order valence-corrected chi connectivity index (χ3v) is 6.46. The Balaban J connectivity index is 1.42. The first-order valence-electron chi connectivity index (χ1n) is 8.98. The third-order valence-electron chi connectivity index (χ3n) is 4.96. The van der Waals surface area contributed by atoms with Crippen molar-refractivity contribution in [1.82, 2.24) is 19.4 Å². The maximum absolute atomic E-state index is 9.52. The zero-order valence-electron chi connectivity index (χ0n) is 14.7. The lowest BCUT2D eigenvalue weighted by Crippen LogP contribution is -2.52. The molecule has 138 valence electrons. The number of nitrogens with zero attached hydrogens (tertiary/aromatic N) is 4. The van der Waals surface area contributed by atoms with Gasteiger partial charge in [0.25, 0.3) is 0 Å².